The molecule has 1 aliphatic heterocycles. The van der Waals surface area contributed by atoms with E-state index in [1.807, 2.05) is 31.7 Å². The second-order valence-electron chi connectivity index (χ2n) is 7.70. The maximum atomic E-state index is 12.5. The first-order valence-electron chi connectivity index (χ1n) is 8.77. The van der Waals surface area contributed by atoms with Gasteiger partial charge >= 0.3 is 0 Å². The van der Waals surface area contributed by atoms with E-state index in [-0.39, 0.29) is 11.3 Å². The molecule has 0 saturated carbocycles. The fourth-order valence-electron chi connectivity index (χ4n) is 3.32. The molecular weight excluding hydrogens is 298 g/mol. The molecule has 1 aliphatic rings. The van der Waals surface area contributed by atoms with Crippen molar-refractivity contribution >= 4 is 22.6 Å². The van der Waals surface area contributed by atoms with Crippen LogP contribution >= 0.6 is 0 Å². The maximum absolute atomic E-state index is 12.5. The highest BCUT2D eigenvalue weighted by Gasteiger charge is 2.28. The lowest BCUT2D eigenvalue weighted by atomic mass is 9.94. The molecule has 0 radical (unpaired) electrons. The van der Waals surface area contributed by atoms with E-state index in [1.54, 1.807) is 0 Å². The topological polar surface area (TPSA) is 36.4 Å². The van der Waals surface area contributed by atoms with Gasteiger partial charge in [-0.25, -0.2) is 4.98 Å². The predicted molar refractivity (Wildman–Crippen MR) is 99.3 cm³/mol. The molecule has 1 aromatic carbocycles. The van der Waals surface area contributed by atoms with E-state index < -0.39 is 0 Å². The Morgan fingerprint density at radius 1 is 1.08 bits per heavy atom. The lowest BCUT2D eigenvalue weighted by Gasteiger charge is -2.28. The van der Waals surface area contributed by atoms with Crippen LogP contribution in [0.25, 0.3) is 10.9 Å². The van der Waals surface area contributed by atoms with Crippen LogP contribution in [0.1, 0.15) is 32.8 Å². The first kappa shape index (κ1) is 16.7. The molecule has 0 unspecified atom stereocenters. The summed E-state index contributed by atoms with van der Waals surface area (Å²) in [6, 6.07) is 10.4. The fraction of sp³-hybridized carbons (Fsp3) is 0.500. The first-order valence-corrected chi connectivity index (χ1v) is 8.77. The van der Waals surface area contributed by atoms with Crippen molar-refractivity contribution in [3.05, 3.63) is 35.9 Å². The van der Waals surface area contributed by atoms with Gasteiger partial charge in [0.1, 0.15) is 5.82 Å². The van der Waals surface area contributed by atoms with Gasteiger partial charge in [0.05, 0.1) is 5.52 Å². The Bertz CT molecular complexity index is 748. The number of nitrogens with zero attached hydrogens (tertiary/aromatic N) is 3. The van der Waals surface area contributed by atoms with Gasteiger partial charge in [-0.15, -0.1) is 0 Å². The fourth-order valence-corrected chi connectivity index (χ4v) is 3.32. The molecule has 128 valence electrons. The normalized spacial score (nSPS) is 16.3. The third-order valence-electron chi connectivity index (χ3n) is 4.66. The van der Waals surface area contributed by atoms with Gasteiger partial charge in [0.2, 0.25) is 5.91 Å². The Balaban J connectivity index is 1.80. The second kappa shape index (κ2) is 6.42. The number of hydrogen-bond acceptors (Lipinski definition) is 3. The van der Waals surface area contributed by atoms with Crippen molar-refractivity contribution in [1.29, 1.82) is 0 Å². The smallest absolute Gasteiger partial charge is 0.228 e. The van der Waals surface area contributed by atoms with Gasteiger partial charge in [0, 0.05) is 37.0 Å². The van der Waals surface area contributed by atoms with E-state index in [1.165, 1.54) is 10.9 Å². The average Bonchev–Trinajstić information content (AvgIpc) is 2.79. The highest BCUT2D eigenvalue weighted by atomic mass is 16.2. The first-order chi connectivity index (χ1) is 11.4. The monoisotopic (exact) mass is 325 g/mol. The van der Waals surface area contributed by atoms with Gasteiger partial charge in [-0.05, 0) is 31.0 Å². The highest BCUT2D eigenvalue weighted by molar-refractivity contribution is 5.84. The predicted octanol–water partition coefficient (Wildman–Crippen LogP) is 3.63. The third-order valence-corrected chi connectivity index (χ3v) is 4.66. The maximum Gasteiger partial charge on any atom is 0.228 e. The van der Waals surface area contributed by atoms with E-state index in [4.69, 9.17) is 4.98 Å². The molecule has 1 aromatic heterocycles. The zero-order valence-electron chi connectivity index (χ0n) is 15.2. The van der Waals surface area contributed by atoms with Gasteiger partial charge in [-0.1, -0.05) is 39.0 Å². The molecule has 4 heteroatoms. The number of pyridine rings is 1. The minimum absolute atomic E-state index is 0.243. The molecule has 3 rings (SSSR count). The largest absolute Gasteiger partial charge is 0.355 e. The lowest BCUT2D eigenvalue weighted by Crippen LogP contribution is -2.41. The number of amides is 1. The van der Waals surface area contributed by atoms with E-state index in [9.17, 15) is 4.79 Å². The van der Waals surface area contributed by atoms with E-state index in [0.717, 1.165) is 43.9 Å². The van der Waals surface area contributed by atoms with Crippen LogP contribution in [0.2, 0.25) is 0 Å². The number of para-hydroxylation sites is 1. The minimum Gasteiger partial charge on any atom is -0.355 e. The number of benzene rings is 1. The summed E-state index contributed by atoms with van der Waals surface area (Å²) < 4.78 is 0. The summed E-state index contributed by atoms with van der Waals surface area (Å²) in [5.41, 5.74) is 1.98. The van der Waals surface area contributed by atoms with Crippen LogP contribution in [0, 0.1) is 12.3 Å². The van der Waals surface area contributed by atoms with Crippen molar-refractivity contribution in [2.24, 2.45) is 5.41 Å². The van der Waals surface area contributed by atoms with Crippen molar-refractivity contribution in [2.45, 2.75) is 34.1 Å². The van der Waals surface area contributed by atoms with Crippen LogP contribution in [-0.2, 0) is 4.79 Å². The van der Waals surface area contributed by atoms with Crippen molar-refractivity contribution in [2.75, 3.05) is 31.1 Å². The molecule has 0 aliphatic carbocycles. The van der Waals surface area contributed by atoms with Crippen molar-refractivity contribution < 1.29 is 4.79 Å². The lowest BCUT2D eigenvalue weighted by molar-refractivity contribution is -0.139. The molecule has 4 nitrogen and oxygen atoms in total. The molecule has 24 heavy (non-hydrogen) atoms. The third kappa shape index (κ3) is 3.37. The number of fused-ring (bicyclic) bond motifs is 1. The van der Waals surface area contributed by atoms with Crippen LogP contribution in [0.15, 0.2) is 30.3 Å². The molecule has 1 amide bonds. The van der Waals surface area contributed by atoms with Crippen LogP contribution < -0.4 is 4.90 Å². The van der Waals surface area contributed by atoms with Gasteiger partial charge in [0.25, 0.3) is 0 Å². The molecule has 1 fully saturated rings. The summed E-state index contributed by atoms with van der Waals surface area (Å²) >= 11 is 0. The Morgan fingerprint density at radius 2 is 1.83 bits per heavy atom. The summed E-state index contributed by atoms with van der Waals surface area (Å²) in [7, 11) is 0. The summed E-state index contributed by atoms with van der Waals surface area (Å²) in [6.45, 7) is 11.5. The highest BCUT2D eigenvalue weighted by Crippen LogP contribution is 2.24. The minimum atomic E-state index is -0.313. The standard InChI is InChI=1S/C20H27N3O/c1-15-14-18(21-17-9-6-5-8-16(15)17)22-10-7-11-23(13-12-22)19(24)20(2,3)4/h5-6,8-9,14H,7,10-13H2,1-4H3. The summed E-state index contributed by atoms with van der Waals surface area (Å²) in [5.74, 6) is 1.27. The Hall–Kier alpha value is -2.10. The molecule has 0 N–H and O–H groups in total. The molecule has 2 heterocycles. The zero-order chi connectivity index (χ0) is 17.3. The molecule has 0 atom stereocenters. The number of carbonyl (C=O) groups excluding carboxylic acids is 1. The van der Waals surface area contributed by atoms with Gasteiger partial charge < -0.3 is 9.80 Å². The number of anilines is 1. The number of carbonyl (C=O) groups is 1. The Kier molecular flexibility index (Phi) is 4.48. The van der Waals surface area contributed by atoms with Gasteiger partial charge in [0.15, 0.2) is 0 Å². The van der Waals surface area contributed by atoms with Crippen LogP contribution in [0.3, 0.4) is 0 Å². The summed E-state index contributed by atoms with van der Waals surface area (Å²) in [6.07, 6.45) is 0.982. The molecule has 2 aromatic rings. The molecule has 1 saturated heterocycles. The second-order valence-corrected chi connectivity index (χ2v) is 7.70. The summed E-state index contributed by atoms with van der Waals surface area (Å²) in [4.78, 5) is 21.7. The van der Waals surface area contributed by atoms with Crippen molar-refractivity contribution in [3.8, 4) is 0 Å². The van der Waals surface area contributed by atoms with Crippen molar-refractivity contribution in [3.63, 3.8) is 0 Å². The zero-order valence-corrected chi connectivity index (χ0v) is 15.2. The average molecular weight is 325 g/mol. The quantitative estimate of drug-likeness (QED) is 0.803. The van der Waals surface area contributed by atoms with Crippen molar-refractivity contribution in [1.82, 2.24) is 9.88 Å². The number of aryl methyl sites for hydroxylation is 1. The van der Waals surface area contributed by atoms with E-state index in [2.05, 4.69) is 36.1 Å². The van der Waals surface area contributed by atoms with E-state index in [0.29, 0.717) is 0 Å². The molecular formula is C20H27N3O. The summed E-state index contributed by atoms with van der Waals surface area (Å²) in [5, 5.41) is 1.21. The van der Waals surface area contributed by atoms with Crippen LogP contribution in [0.5, 0.6) is 0 Å². The number of rotatable bonds is 1. The SMILES string of the molecule is Cc1cc(N2CCCN(C(=O)C(C)(C)C)CC2)nc2ccccc12. The number of hydrogen-bond donors (Lipinski definition) is 0. The van der Waals surface area contributed by atoms with E-state index >= 15 is 0 Å². The van der Waals surface area contributed by atoms with Gasteiger partial charge in [-0.3, -0.25) is 4.79 Å². The molecule has 0 bridgehead atoms. The number of aromatic nitrogens is 1. The van der Waals surface area contributed by atoms with Crippen LogP contribution in [-0.4, -0.2) is 42.0 Å². The van der Waals surface area contributed by atoms with Gasteiger partial charge in [-0.2, -0.15) is 0 Å². The molecule has 0 spiro atoms. The Labute approximate surface area is 144 Å². The Morgan fingerprint density at radius 3 is 2.58 bits per heavy atom. The van der Waals surface area contributed by atoms with Crippen LogP contribution in [0.4, 0.5) is 5.82 Å².